The fraction of sp³-hybridized carbons (Fsp3) is 0.462. The van der Waals surface area contributed by atoms with E-state index in [0.29, 0.717) is 12.1 Å². The van der Waals surface area contributed by atoms with Crippen LogP contribution < -0.4 is 11.1 Å². The highest BCUT2D eigenvalue weighted by Gasteiger charge is 2.21. The van der Waals surface area contributed by atoms with E-state index in [0.717, 1.165) is 16.4 Å². The highest BCUT2D eigenvalue weighted by atomic mass is 127. The Morgan fingerprint density at radius 3 is 2.22 bits per heavy atom. The summed E-state index contributed by atoms with van der Waals surface area (Å²) in [5.41, 5.74) is 6.52. The van der Waals surface area contributed by atoms with Crippen LogP contribution in [0.15, 0.2) is 24.3 Å². The Labute approximate surface area is 128 Å². The van der Waals surface area contributed by atoms with Gasteiger partial charge in [0.25, 0.3) is 5.91 Å². The number of hydrogen-bond acceptors (Lipinski definition) is 2. The van der Waals surface area contributed by atoms with Gasteiger partial charge in [0.2, 0.25) is 0 Å². The lowest BCUT2D eigenvalue weighted by Gasteiger charge is -2.26. The summed E-state index contributed by atoms with van der Waals surface area (Å²) < 4.78 is 1.12. The summed E-state index contributed by atoms with van der Waals surface area (Å²) in [4.78, 5) is 11.9. The Morgan fingerprint density at radius 1 is 1.28 bits per heavy atom. The highest BCUT2D eigenvalue weighted by Crippen LogP contribution is 2.10. The molecule has 0 aromatic heterocycles. The molecule has 3 N–H and O–H groups in total. The van der Waals surface area contributed by atoms with Crippen molar-refractivity contribution in [2.75, 3.05) is 6.54 Å². The van der Waals surface area contributed by atoms with Gasteiger partial charge in [-0.3, -0.25) is 4.79 Å². The van der Waals surface area contributed by atoms with Crippen LogP contribution in [0.1, 0.15) is 37.0 Å². The number of carbonyl (C=O) groups is 1. The average Bonchev–Trinajstić information content (AvgIpc) is 2.36. The van der Waals surface area contributed by atoms with Gasteiger partial charge in [-0.2, -0.15) is 0 Å². The van der Waals surface area contributed by atoms with E-state index in [4.69, 9.17) is 5.73 Å². The fourth-order valence-corrected chi connectivity index (χ4v) is 1.82. The normalized spacial score (nSPS) is 10.7. The van der Waals surface area contributed by atoms with Gasteiger partial charge in [-0.15, -0.1) is 12.4 Å². The quantitative estimate of drug-likeness (QED) is 0.769. The molecule has 0 unspecified atom stereocenters. The van der Waals surface area contributed by atoms with Crippen LogP contribution in [0.3, 0.4) is 0 Å². The van der Waals surface area contributed by atoms with Crippen molar-refractivity contribution in [3.8, 4) is 0 Å². The lowest BCUT2D eigenvalue weighted by Crippen LogP contribution is -2.49. The predicted molar refractivity (Wildman–Crippen MR) is 86.2 cm³/mol. The maximum Gasteiger partial charge on any atom is 0.251 e. The average molecular weight is 383 g/mol. The molecule has 3 nitrogen and oxygen atoms in total. The van der Waals surface area contributed by atoms with Gasteiger partial charge in [0, 0.05) is 21.2 Å². The van der Waals surface area contributed by atoms with E-state index in [-0.39, 0.29) is 23.9 Å². The lowest BCUT2D eigenvalue weighted by atomic mass is 9.94. The monoisotopic (exact) mass is 382 g/mol. The molecule has 0 aliphatic carbocycles. The van der Waals surface area contributed by atoms with Crippen molar-refractivity contribution in [2.24, 2.45) is 5.73 Å². The van der Waals surface area contributed by atoms with Crippen molar-refractivity contribution < 1.29 is 4.79 Å². The van der Waals surface area contributed by atoms with E-state index >= 15 is 0 Å². The minimum atomic E-state index is -0.293. The highest BCUT2D eigenvalue weighted by molar-refractivity contribution is 14.1. The first-order valence-electron chi connectivity index (χ1n) is 5.83. The van der Waals surface area contributed by atoms with E-state index in [2.05, 4.69) is 27.9 Å². The predicted octanol–water partition coefficient (Wildman–Crippen LogP) is 2.96. The Kier molecular flexibility index (Phi) is 7.82. The van der Waals surface area contributed by atoms with Crippen LogP contribution in [0, 0.1) is 3.57 Å². The van der Waals surface area contributed by atoms with Gasteiger partial charge < -0.3 is 11.1 Å². The van der Waals surface area contributed by atoms with Gasteiger partial charge in [0.1, 0.15) is 0 Å². The number of benzene rings is 1. The maximum absolute atomic E-state index is 11.9. The number of carbonyl (C=O) groups excluding carboxylic acids is 1. The SMILES string of the molecule is CCC(N)(CC)CNC(=O)c1ccc(I)cc1.Cl. The molecule has 18 heavy (non-hydrogen) atoms. The first kappa shape index (κ1) is 17.7. The van der Waals surface area contributed by atoms with Crippen LogP contribution >= 0.6 is 35.0 Å². The standard InChI is InChI=1S/C13H19IN2O.ClH/c1-3-13(15,4-2)9-16-12(17)10-5-7-11(14)8-6-10;/h5-8H,3-4,9,15H2,1-2H3,(H,16,17);1H. The molecule has 0 aliphatic rings. The Balaban J connectivity index is 0.00000289. The van der Waals surface area contributed by atoms with Gasteiger partial charge >= 0.3 is 0 Å². The molecule has 1 rings (SSSR count). The van der Waals surface area contributed by atoms with Crippen LogP contribution in [0.25, 0.3) is 0 Å². The molecule has 0 atom stereocenters. The number of halogens is 2. The van der Waals surface area contributed by atoms with Crippen LogP contribution in [0.4, 0.5) is 0 Å². The first-order valence-corrected chi connectivity index (χ1v) is 6.91. The van der Waals surface area contributed by atoms with Crippen LogP contribution in [0.2, 0.25) is 0 Å². The van der Waals surface area contributed by atoms with E-state index in [1.54, 1.807) is 0 Å². The van der Waals surface area contributed by atoms with Gasteiger partial charge in [0.05, 0.1) is 0 Å². The molecule has 0 radical (unpaired) electrons. The van der Waals surface area contributed by atoms with E-state index < -0.39 is 0 Å². The Morgan fingerprint density at radius 2 is 1.78 bits per heavy atom. The fourth-order valence-electron chi connectivity index (χ4n) is 1.46. The van der Waals surface area contributed by atoms with Gasteiger partial charge in [-0.05, 0) is 59.7 Å². The lowest BCUT2D eigenvalue weighted by molar-refractivity contribution is 0.0942. The summed E-state index contributed by atoms with van der Waals surface area (Å²) in [6, 6.07) is 7.50. The first-order chi connectivity index (χ1) is 8.00. The molecule has 0 heterocycles. The zero-order valence-electron chi connectivity index (χ0n) is 10.7. The molecular weight excluding hydrogens is 363 g/mol. The van der Waals surface area contributed by atoms with Gasteiger partial charge in [-0.1, -0.05) is 13.8 Å². The molecule has 1 aromatic carbocycles. The van der Waals surface area contributed by atoms with Crippen LogP contribution in [-0.2, 0) is 0 Å². The second-order valence-corrected chi connectivity index (χ2v) is 5.50. The third kappa shape index (κ3) is 5.12. The van der Waals surface area contributed by atoms with Crippen molar-refractivity contribution in [2.45, 2.75) is 32.2 Å². The molecule has 1 amide bonds. The molecular formula is C13H20ClIN2O. The zero-order chi connectivity index (χ0) is 12.9. The summed E-state index contributed by atoms with van der Waals surface area (Å²) in [5, 5.41) is 2.89. The molecule has 0 bridgehead atoms. The molecule has 0 aliphatic heterocycles. The molecule has 1 aromatic rings. The minimum Gasteiger partial charge on any atom is -0.350 e. The smallest absolute Gasteiger partial charge is 0.251 e. The van der Waals surface area contributed by atoms with E-state index in [1.165, 1.54) is 0 Å². The van der Waals surface area contributed by atoms with Crippen molar-refractivity contribution in [1.82, 2.24) is 5.32 Å². The van der Waals surface area contributed by atoms with Crippen molar-refractivity contribution >= 4 is 40.9 Å². The molecule has 0 fully saturated rings. The van der Waals surface area contributed by atoms with Crippen molar-refractivity contribution in [1.29, 1.82) is 0 Å². The zero-order valence-corrected chi connectivity index (χ0v) is 13.7. The molecule has 0 saturated heterocycles. The number of nitrogens with two attached hydrogens (primary N) is 1. The summed E-state index contributed by atoms with van der Waals surface area (Å²) in [5.74, 6) is -0.0573. The molecule has 102 valence electrons. The number of nitrogens with one attached hydrogen (secondary N) is 1. The van der Waals surface area contributed by atoms with Crippen molar-refractivity contribution in [3.63, 3.8) is 0 Å². The number of hydrogen-bond donors (Lipinski definition) is 2. The topological polar surface area (TPSA) is 55.1 Å². The van der Waals surface area contributed by atoms with Crippen molar-refractivity contribution in [3.05, 3.63) is 33.4 Å². The third-order valence-corrected chi connectivity index (χ3v) is 3.83. The molecule has 5 heteroatoms. The minimum absolute atomic E-state index is 0. The molecule has 0 saturated carbocycles. The summed E-state index contributed by atoms with van der Waals surface area (Å²) >= 11 is 2.21. The summed E-state index contributed by atoms with van der Waals surface area (Å²) in [6.07, 6.45) is 1.72. The van der Waals surface area contributed by atoms with E-state index in [1.807, 2.05) is 38.1 Å². The van der Waals surface area contributed by atoms with Gasteiger partial charge in [0.15, 0.2) is 0 Å². The number of rotatable bonds is 5. The maximum atomic E-state index is 11.9. The summed E-state index contributed by atoms with van der Waals surface area (Å²) in [7, 11) is 0. The molecule has 0 spiro atoms. The summed E-state index contributed by atoms with van der Waals surface area (Å²) in [6.45, 7) is 4.60. The van der Waals surface area contributed by atoms with Crippen LogP contribution in [-0.4, -0.2) is 18.0 Å². The number of amides is 1. The van der Waals surface area contributed by atoms with Crippen LogP contribution in [0.5, 0.6) is 0 Å². The Bertz CT molecular complexity index is 377. The van der Waals surface area contributed by atoms with E-state index in [9.17, 15) is 4.79 Å². The second kappa shape index (κ2) is 7.96. The largest absolute Gasteiger partial charge is 0.350 e. The Hall–Kier alpha value is -0.330. The van der Waals surface area contributed by atoms with Gasteiger partial charge in [-0.25, -0.2) is 0 Å². The third-order valence-electron chi connectivity index (χ3n) is 3.12. The second-order valence-electron chi connectivity index (χ2n) is 4.26.